The van der Waals surface area contributed by atoms with Gasteiger partial charge in [-0.3, -0.25) is 4.98 Å². The van der Waals surface area contributed by atoms with E-state index in [1.165, 1.54) is 6.20 Å². The van der Waals surface area contributed by atoms with Gasteiger partial charge in [-0.05, 0) is 38.1 Å². The fourth-order valence-corrected chi connectivity index (χ4v) is 2.53. The molecule has 0 amide bonds. The van der Waals surface area contributed by atoms with Crippen LogP contribution >= 0.6 is 11.6 Å². The molecule has 20 heavy (non-hydrogen) atoms. The molecule has 102 valence electrons. The summed E-state index contributed by atoms with van der Waals surface area (Å²) in [6.07, 6.45) is 3.07. The van der Waals surface area contributed by atoms with Gasteiger partial charge in [0.05, 0.1) is 22.8 Å². The summed E-state index contributed by atoms with van der Waals surface area (Å²) in [5.74, 6) is 0.841. The smallest absolute Gasteiger partial charge is 0.145 e. The van der Waals surface area contributed by atoms with Crippen LogP contribution in [-0.4, -0.2) is 19.6 Å². The van der Waals surface area contributed by atoms with Crippen molar-refractivity contribution in [2.24, 2.45) is 0 Å². The Morgan fingerprint density at radius 2 is 2.05 bits per heavy atom. The molecule has 0 aliphatic heterocycles. The second-order valence-electron chi connectivity index (χ2n) is 4.93. The first kappa shape index (κ1) is 12.9. The van der Waals surface area contributed by atoms with E-state index in [0.29, 0.717) is 10.6 Å². The van der Waals surface area contributed by atoms with E-state index in [2.05, 4.69) is 28.4 Å². The molecule has 0 radical (unpaired) electrons. The summed E-state index contributed by atoms with van der Waals surface area (Å²) in [4.78, 5) is 8.52. The van der Waals surface area contributed by atoms with Gasteiger partial charge in [-0.2, -0.15) is 0 Å². The summed E-state index contributed by atoms with van der Waals surface area (Å²) < 4.78 is 2.08. The van der Waals surface area contributed by atoms with Crippen molar-refractivity contribution in [2.45, 2.75) is 19.9 Å². The third-order valence-corrected chi connectivity index (χ3v) is 3.44. The number of rotatable bonds is 2. The Labute approximate surface area is 121 Å². The number of pyridine rings is 1. The molecule has 3 rings (SSSR count). The Hall–Kier alpha value is -2.07. The summed E-state index contributed by atoms with van der Waals surface area (Å²) in [6, 6.07) is 7.60. The zero-order valence-electron chi connectivity index (χ0n) is 11.2. The third-order valence-electron chi connectivity index (χ3n) is 3.21. The van der Waals surface area contributed by atoms with Crippen LogP contribution in [0.3, 0.4) is 0 Å². The molecule has 1 aromatic carbocycles. The van der Waals surface area contributed by atoms with Crippen molar-refractivity contribution in [1.82, 2.24) is 14.5 Å². The Balaban J connectivity index is 2.35. The number of hydrogen-bond donors (Lipinski definition) is 1. The molecule has 0 saturated heterocycles. The third kappa shape index (κ3) is 2.02. The largest absolute Gasteiger partial charge is 0.506 e. The molecule has 0 saturated carbocycles. The second kappa shape index (κ2) is 4.80. The number of aromatic hydroxyl groups is 1. The van der Waals surface area contributed by atoms with E-state index in [0.717, 1.165) is 16.9 Å². The van der Waals surface area contributed by atoms with Crippen molar-refractivity contribution < 1.29 is 5.11 Å². The first-order valence-electron chi connectivity index (χ1n) is 6.39. The average molecular weight is 288 g/mol. The Morgan fingerprint density at radius 1 is 1.25 bits per heavy atom. The van der Waals surface area contributed by atoms with Gasteiger partial charge in [-0.25, -0.2) is 4.98 Å². The maximum absolute atomic E-state index is 10.0. The van der Waals surface area contributed by atoms with E-state index in [1.54, 1.807) is 12.3 Å². The first-order chi connectivity index (χ1) is 9.58. The van der Waals surface area contributed by atoms with Crippen molar-refractivity contribution in [2.75, 3.05) is 0 Å². The Bertz CT molecular complexity index is 780. The quantitative estimate of drug-likeness (QED) is 0.774. The number of hydrogen-bond acceptors (Lipinski definition) is 3. The van der Waals surface area contributed by atoms with Crippen LogP contribution in [0.4, 0.5) is 0 Å². The van der Waals surface area contributed by atoms with Crippen molar-refractivity contribution >= 4 is 22.6 Å². The van der Waals surface area contributed by atoms with Gasteiger partial charge in [0.1, 0.15) is 11.6 Å². The van der Waals surface area contributed by atoms with Crippen LogP contribution in [0.15, 0.2) is 36.7 Å². The van der Waals surface area contributed by atoms with Crippen LogP contribution in [0.2, 0.25) is 5.02 Å². The van der Waals surface area contributed by atoms with Crippen molar-refractivity contribution in [3.05, 3.63) is 41.7 Å². The maximum Gasteiger partial charge on any atom is 0.145 e. The molecule has 2 aromatic heterocycles. The van der Waals surface area contributed by atoms with Gasteiger partial charge in [0.15, 0.2) is 0 Å². The van der Waals surface area contributed by atoms with Gasteiger partial charge in [0, 0.05) is 17.3 Å². The molecule has 0 spiro atoms. The molecule has 0 aliphatic carbocycles. The lowest BCUT2D eigenvalue weighted by molar-refractivity contribution is 0.473. The molecule has 3 aromatic rings. The summed E-state index contributed by atoms with van der Waals surface area (Å²) in [5, 5.41) is 10.7. The van der Waals surface area contributed by atoms with Crippen LogP contribution in [0, 0.1) is 0 Å². The number of fused-ring (bicyclic) bond motifs is 1. The number of nitrogens with zero attached hydrogens (tertiary/aromatic N) is 3. The minimum atomic E-state index is 0.121. The fourth-order valence-electron chi connectivity index (χ4n) is 2.36. The summed E-state index contributed by atoms with van der Waals surface area (Å²) in [7, 11) is 0. The van der Waals surface area contributed by atoms with Crippen LogP contribution < -0.4 is 0 Å². The molecular formula is C15H14ClN3O. The minimum Gasteiger partial charge on any atom is -0.506 e. The molecule has 2 heterocycles. The van der Waals surface area contributed by atoms with Gasteiger partial charge in [0.25, 0.3) is 0 Å². The van der Waals surface area contributed by atoms with Crippen molar-refractivity contribution in [3.8, 4) is 17.1 Å². The van der Waals surface area contributed by atoms with Gasteiger partial charge < -0.3 is 9.67 Å². The predicted octanol–water partition coefficient (Wildman–Crippen LogP) is 4.04. The highest BCUT2D eigenvalue weighted by Gasteiger charge is 2.17. The predicted molar refractivity (Wildman–Crippen MR) is 80.0 cm³/mol. The van der Waals surface area contributed by atoms with Gasteiger partial charge >= 0.3 is 0 Å². The zero-order valence-corrected chi connectivity index (χ0v) is 12.0. The van der Waals surface area contributed by atoms with Crippen molar-refractivity contribution in [3.63, 3.8) is 0 Å². The highest BCUT2D eigenvalue weighted by molar-refractivity contribution is 6.31. The van der Waals surface area contributed by atoms with Crippen LogP contribution in [0.5, 0.6) is 5.75 Å². The van der Waals surface area contributed by atoms with Gasteiger partial charge in [0.2, 0.25) is 0 Å². The molecular weight excluding hydrogens is 274 g/mol. The lowest BCUT2D eigenvalue weighted by Crippen LogP contribution is -2.03. The lowest BCUT2D eigenvalue weighted by atomic mass is 10.2. The zero-order chi connectivity index (χ0) is 14.3. The summed E-state index contributed by atoms with van der Waals surface area (Å²) in [5.41, 5.74) is 2.48. The van der Waals surface area contributed by atoms with E-state index in [9.17, 15) is 5.11 Å². The highest BCUT2D eigenvalue weighted by atomic mass is 35.5. The number of benzene rings is 1. The second-order valence-corrected chi connectivity index (χ2v) is 5.36. The molecule has 1 N–H and O–H groups in total. The van der Waals surface area contributed by atoms with Crippen LogP contribution in [0.1, 0.15) is 19.9 Å². The van der Waals surface area contributed by atoms with Gasteiger partial charge in [-0.15, -0.1) is 0 Å². The molecule has 0 fully saturated rings. The van der Waals surface area contributed by atoms with E-state index in [-0.39, 0.29) is 11.8 Å². The average Bonchev–Trinajstić information content (AvgIpc) is 2.77. The molecule has 0 bridgehead atoms. The van der Waals surface area contributed by atoms with Crippen molar-refractivity contribution in [1.29, 1.82) is 0 Å². The van der Waals surface area contributed by atoms with E-state index in [1.807, 2.05) is 18.2 Å². The van der Waals surface area contributed by atoms with Gasteiger partial charge in [-0.1, -0.05) is 11.6 Å². The summed E-state index contributed by atoms with van der Waals surface area (Å²) >= 11 is 6.03. The number of imidazole rings is 1. The maximum atomic E-state index is 10.0. The van der Waals surface area contributed by atoms with Crippen LogP contribution in [-0.2, 0) is 0 Å². The Kier molecular flexibility index (Phi) is 3.10. The molecule has 0 unspecified atom stereocenters. The normalized spacial score (nSPS) is 11.4. The minimum absolute atomic E-state index is 0.121. The number of aromatic nitrogens is 3. The summed E-state index contributed by atoms with van der Waals surface area (Å²) in [6.45, 7) is 4.16. The van der Waals surface area contributed by atoms with Crippen LogP contribution in [0.25, 0.3) is 22.4 Å². The first-order valence-corrected chi connectivity index (χ1v) is 6.76. The fraction of sp³-hybridized carbons (Fsp3) is 0.200. The van der Waals surface area contributed by atoms with E-state index < -0.39 is 0 Å². The standard InChI is InChI=1S/C15H14ClN3O/c1-9(2)19-13-4-3-10(16)7-12(13)18-15(19)11-5-6-17-8-14(11)20/h3-9,20H,1-2H3. The molecule has 0 aliphatic rings. The topological polar surface area (TPSA) is 50.9 Å². The molecule has 4 nitrogen and oxygen atoms in total. The number of halogens is 1. The highest BCUT2D eigenvalue weighted by Crippen LogP contribution is 2.33. The Morgan fingerprint density at radius 3 is 2.75 bits per heavy atom. The molecule has 5 heteroatoms. The van der Waals surface area contributed by atoms with E-state index >= 15 is 0 Å². The van der Waals surface area contributed by atoms with E-state index in [4.69, 9.17) is 11.6 Å². The molecule has 0 atom stereocenters. The monoisotopic (exact) mass is 287 g/mol. The SMILES string of the molecule is CC(C)n1c(-c2ccncc2O)nc2cc(Cl)ccc21. The lowest BCUT2D eigenvalue weighted by Gasteiger charge is -2.13.